The van der Waals surface area contributed by atoms with Crippen molar-refractivity contribution in [1.82, 2.24) is 10.2 Å². The topological polar surface area (TPSA) is 41.6 Å². The van der Waals surface area contributed by atoms with Gasteiger partial charge in [0.15, 0.2) is 0 Å². The Balaban J connectivity index is 2.11. The fourth-order valence-corrected chi connectivity index (χ4v) is 3.71. The number of rotatable bonds is 5. The number of hydrogen-bond donors (Lipinski definition) is 1. The molecule has 2 saturated heterocycles. The van der Waals surface area contributed by atoms with Crippen LogP contribution in [0, 0.1) is 17.8 Å². The molecule has 0 aromatic carbocycles. The predicted octanol–water partition coefficient (Wildman–Crippen LogP) is 2.63. The number of nitrogens with zero attached hydrogens (tertiary/aromatic N) is 1. The van der Waals surface area contributed by atoms with Gasteiger partial charge in [-0.1, -0.05) is 27.7 Å². The number of ether oxygens (including phenoxy) is 1. The molecule has 1 N–H and O–H groups in total. The molecular formula is C17H32N2O2. The first-order valence-corrected chi connectivity index (χ1v) is 8.57. The Morgan fingerprint density at radius 2 is 1.81 bits per heavy atom. The highest BCUT2D eigenvalue weighted by Gasteiger charge is 2.44. The Morgan fingerprint density at radius 3 is 2.33 bits per heavy atom. The van der Waals surface area contributed by atoms with E-state index in [1.165, 1.54) is 0 Å². The van der Waals surface area contributed by atoms with Crippen molar-refractivity contribution in [3.05, 3.63) is 0 Å². The minimum Gasteiger partial charge on any atom is -0.381 e. The quantitative estimate of drug-likeness (QED) is 0.848. The van der Waals surface area contributed by atoms with Gasteiger partial charge in [-0.25, -0.2) is 0 Å². The van der Waals surface area contributed by atoms with E-state index in [9.17, 15) is 4.79 Å². The number of amides is 1. The minimum absolute atomic E-state index is 0.000287. The van der Waals surface area contributed by atoms with Crippen molar-refractivity contribution >= 4 is 5.91 Å². The molecule has 2 aliphatic heterocycles. The van der Waals surface area contributed by atoms with Crippen LogP contribution in [0.3, 0.4) is 0 Å². The van der Waals surface area contributed by atoms with Crippen molar-refractivity contribution in [1.29, 1.82) is 0 Å². The highest BCUT2D eigenvalue weighted by Crippen LogP contribution is 2.30. The van der Waals surface area contributed by atoms with Crippen molar-refractivity contribution in [3.8, 4) is 0 Å². The average Bonchev–Trinajstić information content (AvgIpc) is 2.76. The van der Waals surface area contributed by atoms with Gasteiger partial charge < -0.3 is 9.64 Å². The standard InChI is InChI=1S/C17H32N2O2/c1-11(2)10-15-17(20)19(16(18-15)12(3)4)13(5)14-6-8-21-9-7-14/h11-16,18H,6-10H2,1-5H3. The largest absolute Gasteiger partial charge is 0.381 e. The Bertz CT molecular complexity index is 351. The molecule has 4 nitrogen and oxygen atoms in total. The predicted molar refractivity (Wildman–Crippen MR) is 84.9 cm³/mol. The maximum absolute atomic E-state index is 12.9. The lowest BCUT2D eigenvalue weighted by Gasteiger charge is -2.38. The molecule has 122 valence electrons. The molecule has 1 amide bonds. The van der Waals surface area contributed by atoms with Crippen molar-refractivity contribution in [3.63, 3.8) is 0 Å². The average molecular weight is 296 g/mol. The van der Waals surface area contributed by atoms with Gasteiger partial charge in [-0.15, -0.1) is 0 Å². The zero-order chi connectivity index (χ0) is 15.6. The van der Waals surface area contributed by atoms with E-state index >= 15 is 0 Å². The van der Waals surface area contributed by atoms with Gasteiger partial charge in [-0.3, -0.25) is 10.1 Å². The molecule has 2 aliphatic rings. The summed E-state index contributed by atoms with van der Waals surface area (Å²) in [5.74, 6) is 1.86. The number of carbonyl (C=O) groups is 1. The molecule has 3 unspecified atom stereocenters. The van der Waals surface area contributed by atoms with Crippen LogP contribution in [-0.4, -0.2) is 42.3 Å². The Hall–Kier alpha value is -0.610. The van der Waals surface area contributed by atoms with Crippen LogP contribution in [0.15, 0.2) is 0 Å². The van der Waals surface area contributed by atoms with Crippen LogP contribution < -0.4 is 5.32 Å². The Kier molecular flexibility index (Phi) is 5.67. The van der Waals surface area contributed by atoms with Crippen LogP contribution in [0.5, 0.6) is 0 Å². The van der Waals surface area contributed by atoms with E-state index in [2.05, 4.69) is 44.8 Å². The van der Waals surface area contributed by atoms with E-state index in [1.807, 2.05) is 0 Å². The molecular weight excluding hydrogens is 264 g/mol. The van der Waals surface area contributed by atoms with Gasteiger partial charge in [-0.2, -0.15) is 0 Å². The van der Waals surface area contributed by atoms with Gasteiger partial charge in [0.05, 0.1) is 12.2 Å². The highest BCUT2D eigenvalue weighted by atomic mass is 16.5. The van der Waals surface area contributed by atoms with Crippen molar-refractivity contribution < 1.29 is 9.53 Å². The van der Waals surface area contributed by atoms with Crippen LogP contribution in [0.4, 0.5) is 0 Å². The molecule has 0 spiro atoms. The summed E-state index contributed by atoms with van der Waals surface area (Å²) in [5, 5.41) is 3.59. The highest BCUT2D eigenvalue weighted by molar-refractivity contribution is 5.84. The van der Waals surface area contributed by atoms with Gasteiger partial charge in [0.2, 0.25) is 5.91 Å². The summed E-state index contributed by atoms with van der Waals surface area (Å²) in [6.45, 7) is 12.7. The zero-order valence-electron chi connectivity index (χ0n) is 14.3. The molecule has 0 bridgehead atoms. The minimum atomic E-state index is -0.000287. The first-order chi connectivity index (χ1) is 9.91. The smallest absolute Gasteiger partial charge is 0.241 e. The summed E-state index contributed by atoms with van der Waals surface area (Å²) in [6, 6.07) is 0.304. The molecule has 0 saturated carbocycles. The summed E-state index contributed by atoms with van der Waals surface area (Å²) in [4.78, 5) is 15.0. The third-order valence-electron chi connectivity index (χ3n) is 4.95. The summed E-state index contributed by atoms with van der Waals surface area (Å²) in [5.41, 5.74) is 0. The van der Waals surface area contributed by atoms with Gasteiger partial charge in [0.1, 0.15) is 0 Å². The van der Waals surface area contributed by atoms with Crippen LogP contribution in [0.1, 0.15) is 53.9 Å². The van der Waals surface area contributed by atoms with Gasteiger partial charge in [0.25, 0.3) is 0 Å². The lowest BCUT2D eigenvalue weighted by molar-refractivity contribution is -0.134. The number of nitrogens with one attached hydrogen (secondary N) is 1. The molecule has 2 fully saturated rings. The summed E-state index contributed by atoms with van der Waals surface area (Å²) >= 11 is 0. The van der Waals surface area contributed by atoms with E-state index < -0.39 is 0 Å². The maximum atomic E-state index is 12.9. The third kappa shape index (κ3) is 3.78. The Labute approximate surface area is 129 Å². The fraction of sp³-hybridized carbons (Fsp3) is 0.941. The monoisotopic (exact) mass is 296 g/mol. The second-order valence-corrected chi connectivity index (χ2v) is 7.47. The molecule has 2 heterocycles. The van der Waals surface area contributed by atoms with Gasteiger partial charge in [0, 0.05) is 19.3 Å². The molecule has 2 rings (SSSR count). The lowest BCUT2D eigenvalue weighted by Crippen LogP contribution is -2.49. The fourth-order valence-electron chi connectivity index (χ4n) is 3.71. The van der Waals surface area contributed by atoms with Gasteiger partial charge >= 0.3 is 0 Å². The summed E-state index contributed by atoms with van der Waals surface area (Å²) in [6.07, 6.45) is 3.26. The van der Waals surface area contributed by atoms with Crippen molar-refractivity contribution in [2.75, 3.05) is 13.2 Å². The zero-order valence-corrected chi connectivity index (χ0v) is 14.3. The number of hydrogen-bond acceptors (Lipinski definition) is 3. The first-order valence-electron chi connectivity index (χ1n) is 8.57. The molecule has 0 aromatic heterocycles. The van der Waals surface area contributed by atoms with E-state index in [-0.39, 0.29) is 12.2 Å². The molecule has 0 aromatic rings. The molecule has 0 aliphatic carbocycles. The van der Waals surface area contributed by atoms with E-state index in [0.29, 0.717) is 29.7 Å². The summed E-state index contributed by atoms with van der Waals surface area (Å²) < 4.78 is 5.47. The molecule has 3 atom stereocenters. The van der Waals surface area contributed by atoms with E-state index in [4.69, 9.17) is 4.74 Å². The summed E-state index contributed by atoms with van der Waals surface area (Å²) in [7, 11) is 0. The maximum Gasteiger partial charge on any atom is 0.241 e. The first kappa shape index (κ1) is 16.8. The van der Waals surface area contributed by atoms with Crippen LogP contribution >= 0.6 is 0 Å². The second kappa shape index (κ2) is 7.10. The lowest BCUT2D eigenvalue weighted by atomic mass is 9.91. The molecule has 4 heteroatoms. The Morgan fingerprint density at radius 1 is 1.19 bits per heavy atom. The number of carbonyl (C=O) groups excluding carboxylic acids is 1. The SMILES string of the molecule is CC(C)CC1NC(C(C)C)N(C(C)C2CCOCC2)C1=O. The van der Waals surface area contributed by atoms with Crippen LogP contribution in [0.2, 0.25) is 0 Å². The second-order valence-electron chi connectivity index (χ2n) is 7.47. The van der Waals surface area contributed by atoms with Crippen LogP contribution in [-0.2, 0) is 9.53 Å². The molecule has 0 radical (unpaired) electrons. The molecule has 21 heavy (non-hydrogen) atoms. The van der Waals surface area contributed by atoms with E-state index in [1.54, 1.807) is 0 Å². The third-order valence-corrected chi connectivity index (χ3v) is 4.95. The normalized spacial score (nSPS) is 29.7. The van der Waals surface area contributed by atoms with E-state index in [0.717, 1.165) is 32.5 Å². The van der Waals surface area contributed by atoms with Crippen LogP contribution in [0.25, 0.3) is 0 Å². The van der Waals surface area contributed by atoms with Gasteiger partial charge in [-0.05, 0) is 43.9 Å². The van der Waals surface area contributed by atoms with Crippen molar-refractivity contribution in [2.24, 2.45) is 17.8 Å². The van der Waals surface area contributed by atoms with Crippen molar-refractivity contribution in [2.45, 2.75) is 72.1 Å².